The summed E-state index contributed by atoms with van der Waals surface area (Å²) in [4.78, 5) is 15.5. The van der Waals surface area contributed by atoms with Crippen LogP contribution in [0, 0.1) is 0 Å². The number of nitrogens with zero attached hydrogens (tertiary/aromatic N) is 1. The van der Waals surface area contributed by atoms with Crippen LogP contribution in [0.4, 0.5) is 5.69 Å². The summed E-state index contributed by atoms with van der Waals surface area (Å²) in [6, 6.07) is 1.52. The molecule has 0 aromatic carbocycles. The molecular formula is C10H14N2O3S. The normalized spacial score (nSPS) is 12.2. The number of thioether (sulfide) groups is 1. The van der Waals surface area contributed by atoms with Crippen molar-refractivity contribution in [3.8, 4) is 0 Å². The van der Waals surface area contributed by atoms with Crippen molar-refractivity contribution in [2.24, 2.45) is 0 Å². The van der Waals surface area contributed by atoms with Crippen LogP contribution in [0.25, 0.3) is 0 Å². The summed E-state index contributed by atoms with van der Waals surface area (Å²) >= 11 is 1.31. The van der Waals surface area contributed by atoms with Crippen LogP contribution in [0.2, 0.25) is 0 Å². The number of esters is 1. The highest BCUT2D eigenvalue weighted by Crippen LogP contribution is 2.26. The lowest BCUT2D eigenvalue weighted by Crippen LogP contribution is -2.09. The molecule has 1 unspecified atom stereocenters. The second-order valence-corrected chi connectivity index (χ2v) is 4.65. The van der Waals surface area contributed by atoms with Gasteiger partial charge in [0, 0.05) is 5.25 Å². The smallest absolute Gasteiger partial charge is 0.340 e. The van der Waals surface area contributed by atoms with Crippen LogP contribution >= 0.6 is 11.8 Å². The Hall–Kier alpha value is -1.27. The number of aliphatic hydroxyl groups excluding tert-OH is 1. The van der Waals surface area contributed by atoms with Crippen LogP contribution in [0.3, 0.4) is 0 Å². The summed E-state index contributed by atoms with van der Waals surface area (Å²) < 4.78 is 4.64. The average molecular weight is 242 g/mol. The number of anilines is 1. The van der Waals surface area contributed by atoms with E-state index in [1.54, 1.807) is 0 Å². The van der Waals surface area contributed by atoms with Crippen molar-refractivity contribution in [1.29, 1.82) is 0 Å². The van der Waals surface area contributed by atoms with Gasteiger partial charge in [-0.05, 0) is 6.07 Å². The van der Waals surface area contributed by atoms with Crippen molar-refractivity contribution < 1.29 is 14.6 Å². The average Bonchev–Trinajstić information content (AvgIpc) is 2.30. The molecule has 0 aliphatic rings. The minimum Gasteiger partial charge on any atom is -0.465 e. The quantitative estimate of drug-likeness (QED) is 0.603. The summed E-state index contributed by atoms with van der Waals surface area (Å²) in [5.41, 5.74) is 6.29. The van der Waals surface area contributed by atoms with E-state index in [1.807, 2.05) is 6.92 Å². The molecule has 0 fully saturated rings. The van der Waals surface area contributed by atoms with Gasteiger partial charge in [0.2, 0.25) is 0 Å². The lowest BCUT2D eigenvalue weighted by molar-refractivity contribution is 0.0596. The molecule has 0 saturated carbocycles. The number of hydrogen-bond acceptors (Lipinski definition) is 6. The van der Waals surface area contributed by atoms with Gasteiger partial charge in [-0.3, -0.25) is 0 Å². The standard InChI is InChI=1S/C10H14N2O3S/c1-6(5-13)16-9-8(10(14)15-2)3-7(11)4-12-9/h3-4,6,13H,5,11H2,1-2H3. The number of nitrogens with two attached hydrogens (primary N) is 1. The fourth-order valence-corrected chi connectivity index (χ4v) is 1.88. The van der Waals surface area contributed by atoms with E-state index < -0.39 is 5.97 Å². The largest absolute Gasteiger partial charge is 0.465 e. The van der Waals surface area contributed by atoms with Gasteiger partial charge >= 0.3 is 5.97 Å². The molecule has 0 bridgehead atoms. The highest BCUT2D eigenvalue weighted by molar-refractivity contribution is 7.99. The Kier molecular flexibility index (Phi) is 4.57. The van der Waals surface area contributed by atoms with Gasteiger partial charge in [-0.2, -0.15) is 0 Å². The van der Waals surface area contributed by atoms with Crippen LogP contribution < -0.4 is 5.73 Å². The molecule has 1 atom stereocenters. The highest BCUT2D eigenvalue weighted by Gasteiger charge is 2.16. The fourth-order valence-electron chi connectivity index (χ4n) is 1.05. The summed E-state index contributed by atoms with van der Waals surface area (Å²) in [6.45, 7) is 1.85. The first-order valence-corrected chi connectivity index (χ1v) is 5.57. The third-order valence-electron chi connectivity index (χ3n) is 1.85. The molecule has 6 heteroatoms. The summed E-state index contributed by atoms with van der Waals surface area (Å²) in [7, 11) is 1.30. The maximum atomic E-state index is 11.5. The highest BCUT2D eigenvalue weighted by atomic mass is 32.2. The maximum Gasteiger partial charge on any atom is 0.340 e. The number of rotatable bonds is 4. The third-order valence-corrected chi connectivity index (χ3v) is 2.95. The number of nitrogen functional groups attached to an aromatic ring is 1. The Morgan fingerprint density at radius 2 is 2.44 bits per heavy atom. The van der Waals surface area contributed by atoms with E-state index in [-0.39, 0.29) is 11.9 Å². The Balaban J connectivity index is 3.02. The molecule has 0 aliphatic carbocycles. The van der Waals surface area contributed by atoms with Crippen molar-refractivity contribution in [2.75, 3.05) is 19.5 Å². The summed E-state index contributed by atoms with van der Waals surface area (Å²) in [5, 5.41) is 9.42. The minimum absolute atomic E-state index is 0.0112. The first-order chi connectivity index (χ1) is 7.58. The van der Waals surface area contributed by atoms with Crippen molar-refractivity contribution in [1.82, 2.24) is 4.98 Å². The van der Waals surface area contributed by atoms with Crippen LogP contribution in [0.15, 0.2) is 17.3 Å². The zero-order valence-electron chi connectivity index (χ0n) is 9.14. The van der Waals surface area contributed by atoms with E-state index in [9.17, 15) is 4.79 Å². The molecule has 0 saturated heterocycles. The zero-order valence-corrected chi connectivity index (χ0v) is 9.95. The van der Waals surface area contributed by atoms with E-state index in [0.717, 1.165) is 0 Å². The first-order valence-electron chi connectivity index (χ1n) is 4.69. The SMILES string of the molecule is COC(=O)c1cc(N)cnc1SC(C)CO. The van der Waals surface area contributed by atoms with Crippen LogP contribution in [0.1, 0.15) is 17.3 Å². The number of carbonyl (C=O) groups is 1. The molecule has 1 aromatic heterocycles. The third kappa shape index (κ3) is 3.11. The van der Waals surface area contributed by atoms with Crippen molar-refractivity contribution in [3.05, 3.63) is 17.8 Å². The van der Waals surface area contributed by atoms with Crippen LogP contribution in [-0.2, 0) is 4.74 Å². The predicted octanol–water partition coefficient (Wildman–Crippen LogP) is 0.923. The molecule has 88 valence electrons. The number of hydrogen-bond donors (Lipinski definition) is 2. The lowest BCUT2D eigenvalue weighted by Gasteiger charge is -2.10. The molecular weight excluding hydrogens is 228 g/mol. The van der Waals surface area contributed by atoms with Crippen molar-refractivity contribution in [2.45, 2.75) is 17.2 Å². The summed E-state index contributed by atoms with van der Waals surface area (Å²) in [5.74, 6) is -0.479. The van der Waals surface area contributed by atoms with Gasteiger partial charge in [-0.15, -0.1) is 11.8 Å². The van der Waals surface area contributed by atoms with Gasteiger partial charge in [-0.25, -0.2) is 9.78 Å². The van der Waals surface area contributed by atoms with Gasteiger partial charge < -0.3 is 15.6 Å². The molecule has 3 N–H and O–H groups in total. The Morgan fingerprint density at radius 3 is 3.00 bits per heavy atom. The number of carbonyl (C=O) groups excluding carboxylic acids is 1. The van der Waals surface area contributed by atoms with E-state index in [4.69, 9.17) is 10.8 Å². The Bertz CT molecular complexity index is 384. The number of aromatic nitrogens is 1. The van der Waals surface area contributed by atoms with Gasteiger partial charge in [0.05, 0.1) is 31.2 Å². The second-order valence-electron chi connectivity index (χ2n) is 3.22. The molecule has 1 aromatic rings. The molecule has 16 heavy (non-hydrogen) atoms. The topological polar surface area (TPSA) is 85.4 Å². The van der Waals surface area contributed by atoms with Gasteiger partial charge in [0.15, 0.2) is 0 Å². The number of ether oxygens (including phenoxy) is 1. The zero-order chi connectivity index (χ0) is 12.1. The van der Waals surface area contributed by atoms with E-state index >= 15 is 0 Å². The molecule has 0 radical (unpaired) electrons. The van der Waals surface area contributed by atoms with Crippen molar-refractivity contribution >= 4 is 23.4 Å². The fraction of sp³-hybridized carbons (Fsp3) is 0.400. The number of aliphatic hydroxyl groups is 1. The Morgan fingerprint density at radius 1 is 1.75 bits per heavy atom. The molecule has 1 heterocycles. The monoisotopic (exact) mass is 242 g/mol. The van der Waals surface area contributed by atoms with Gasteiger partial charge in [-0.1, -0.05) is 6.92 Å². The molecule has 1 rings (SSSR count). The number of methoxy groups -OCH3 is 1. The second kappa shape index (κ2) is 5.72. The Labute approximate surface area is 98.0 Å². The molecule has 0 amide bonds. The molecule has 5 nitrogen and oxygen atoms in total. The lowest BCUT2D eigenvalue weighted by atomic mass is 10.3. The first kappa shape index (κ1) is 12.8. The van der Waals surface area contributed by atoms with Crippen molar-refractivity contribution in [3.63, 3.8) is 0 Å². The summed E-state index contributed by atoms with van der Waals surface area (Å²) in [6.07, 6.45) is 1.47. The van der Waals surface area contributed by atoms with E-state index in [0.29, 0.717) is 16.3 Å². The maximum absolute atomic E-state index is 11.5. The van der Waals surface area contributed by atoms with E-state index in [2.05, 4.69) is 9.72 Å². The molecule has 0 spiro atoms. The molecule has 0 aliphatic heterocycles. The number of pyridine rings is 1. The van der Waals surface area contributed by atoms with Gasteiger partial charge in [0.25, 0.3) is 0 Å². The van der Waals surface area contributed by atoms with Gasteiger partial charge in [0.1, 0.15) is 5.03 Å². The predicted molar refractivity (Wildman–Crippen MR) is 62.4 cm³/mol. The minimum atomic E-state index is -0.479. The van der Waals surface area contributed by atoms with Crippen LogP contribution in [-0.4, -0.2) is 35.0 Å². The van der Waals surface area contributed by atoms with E-state index in [1.165, 1.54) is 31.1 Å². The van der Waals surface area contributed by atoms with Crippen LogP contribution in [0.5, 0.6) is 0 Å².